The summed E-state index contributed by atoms with van der Waals surface area (Å²) in [7, 11) is 0. The maximum atomic E-state index is 12.1. The number of hydrogen-bond acceptors (Lipinski definition) is 4. The van der Waals surface area contributed by atoms with E-state index in [1.165, 1.54) is 0 Å². The summed E-state index contributed by atoms with van der Waals surface area (Å²) in [6, 6.07) is 9.42. The molecule has 0 aliphatic carbocycles. The number of aliphatic hydroxyl groups excluding tert-OH is 1. The van der Waals surface area contributed by atoms with Gasteiger partial charge in [0.2, 0.25) is 11.8 Å². The molecule has 0 saturated carbocycles. The van der Waals surface area contributed by atoms with E-state index in [1.807, 2.05) is 30.3 Å². The Balaban J connectivity index is 1.66. The second-order valence-corrected chi connectivity index (χ2v) is 5.58. The van der Waals surface area contributed by atoms with Crippen LogP contribution in [0.4, 0.5) is 0 Å². The Morgan fingerprint density at radius 3 is 2.57 bits per heavy atom. The fraction of sp³-hybridized carbons (Fsp3) is 0.529. The second kappa shape index (κ2) is 9.15. The van der Waals surface area contributed by atoms with Gasteiger partial charge in [-0.05, 0) is 25.0 Å². The number of hydrogen-bond donors (Lipinski definition) is 2. The molecule has 2 rings (SSSR count). The molecule has 1 aliphatic rings. The van der Waals surface area contributed by atoms with Gasteiger partial charge in [-0.3, -0.25) is 9.59 Å². The molecule has 1 saturated heterocycles. The highest BCUT2D eigenvalue weighted by Crippen LogP contribution is 2.18. The van der Waals surface area contributed by atoms with Crippen LogP contribution in [0.25, 0.3) is 0 Å². The van der Waals surface area contributed by atoms with E-state index in [9.17, 15) is 9.59 Å². The number of aliphatic hydroxyl groups is 1. The summed E-state index contributed by atoms with van der Waals surface area (Å²) in [5, 5.41) is 11.4. The van der Waals surface area contributed by atoms with Crippen molar-refractivity contribution in [2.75, 3.05) is 32.8 Å². The molecule has 23 heavy (non-hydrogen) atoms. The van der Waals surface area contributed by atoms with Crippen LogP contribution in [0.2, 0.25) is 0 Å². The van der Waals surface area contributed by atoms with Gasteiger partial charge < -0.3 is 20.1 Å². The van der Waals surface area contributed by atoms with E-state index in [0.29, 0.717) is 39.0 Å². The minimum atomic E-state index is -0.0637. The molecular formula is C17H24N2O4. The molecule has 0 spiro atoms. The molecule has 1 heterocycles. The fourth-order valence-electron chi connectivity index (χ4n) is 2.65. The topological polar surface area (TPSA) is 78.9 Å². The van der Waals surface area contributed by atoms with Crippen LogP contribution in [0.5, 0.6) is 5.75 Å². The molecular weight excluding hydrogens is 296 g/mol. The lowest BCUT2D eigenvalue weighted by Crippen LogP contribution is -2.43. The third kappa shape index (κ3) is 5.56. The lowest BCUT2D eigenvalue weighted by molar-refractivity contribution is -0.136. The van der Waals surface area contributed by atoms with Crippen LogP contribution in [0.1, 0.15) is 19.3 Å². The lowest BCUT2D eigenvalue weighted by atomic mass is 9.95. The van der Waals surface area contributed by atoms with Crippen molar-refractivity contribution in [2.24, 2.45) is 5.92 Å². The van der Waals surface area contributed by atoms with E-state index in [2.05, 4.69) is 5.32 Å². The van der Waals surface area contributed by atoms with E-state index in [1.54, 1.807) is 4.90 Å². The van der Waals surface area contributed by atoms with Crippen LogP contribution >= 0.6 is 0 Å². The molecule has 0 atom stereocenters. The van der Waals surface area contributed by atoms with Gasteiger partial charge in [-0.25, -0.2) is 0 Å². The molecule has 6 nitrogen and oxygen atoms in total. The van der Waals surface area contributed by atoms with E-state index in [-0.39, 0.29) is 30.9 Å². The number of amides is 2. The standard InChI is InChI=1S/C17H24N2O4/c20-12-9-18-17(22)14-6-10-19(11-7-14)16(21)8-13-23-15-4-2-1-3-5-15/h1-5,14,20H,6-13H2,(H,18,22). The number of carbonyl (C=O) groups is 2. The first-order chi connectivity index (χ1) is 11.2. The third-order valence-electron chi connectivity index (χ3n) is 3.96. The molecule has 1 aromatic rings. The molecule has 0 unspecified atom stereocenters. The zero-order chi connectivity index (χ0) is 16.5. The first-order valence-corrected chi connectivity index (χ1v) is 8.05. The molecule has 1 aromatic carbocycles. The number of nitrogens with zero attached hydrogens (tertiary/aromatic N) is 1. The normalized spacial score (nSPS) is 15.3. The summed E-state index contributed by atoms with van der Waals surface area (Å²) in [5.74, 6) is 0.736. The van der Waals surface area contributed by atoms with Gasteiger partial charge in [0.15, 0.2) is 0 Å². The van der Waals surface area contributed by atoms with E-state index in [0.717, 1.165) is 5.75 Å². The number of benzene rings is 1. The van der Waals surface area contributed by atoms with Crippen LogP contribution in [-0.2, 0) is 9.59 Å². The lowest BCUT2D eigenvalue weighted by Gasteiger charge is -2.31. The minimum Gasteiger partial charge on any atom is -0.493 e. The molecule has 1 aliphatic heterocycles. The van der Waals surface area contributed by atoms with Gasteiger partial charge in [-0.15, -0.1) is 0 Å². The average Bonchev–Trinajstić information content (AvgIpc) is 2.60. The average molecular weight is 320 g/mol. The second-order valence-electron chi connectivity index (χ2n) is 5.58. The van der Waals surface area contributed by atoms with Crippen molar-refractivity contribution in [2.45, 2.75) is 19.3 Å². The van der Waals surface area contributed by atoms with Crippen molar-refractivity contribution in [3.05, 3.63) is 30.3 Å². The zero-order valence-corrected chi connectivity index (χ0v) is 13.2. The predicted molar refractivity (Wildman–Crippen MR) is 86.0 cm³/mol. The largest absolute Gasteiger partial charge is 0.493 e. The fourth-order valence-corrected chi connectivity index (χ4v) is 2.65. The quantitative estimate of drug-likeness (QED) is 0.779. The van der Waals surface area contributed by atoms with Crippen LogP contribution in [0, 0.1) is 5.92 Å². The number of para-hydroxylation sites is 1. The van der Waals surface area contributed by atoms with Gasteiger partial charge >= 0.3 is 0 Å². The molecule has 1 fully saturated rings. The van der Waals surface area contributed by atoms with Gasteiger partial charge in [0.25, 0.3) is 0 Å². The molecule has 0 bridgehead atoms. The molecule has 0 radical (unpaired) electrons. The first kappa shape index (κ1) is 17.3. The van der Waals surface area contributed by atoms with Crippen molar-refractivity contribution in [1.82, 2.24) is 10.2 Å². The highest BCUT2D eigenvalue weighted by molar-refractivity contribution is 5.80. The van der Waals surface area contributed by atoms with Crippen molar-refractivity contribution in [3.8, 4) is 5.75 Å². The van der Waals surface area contributed by atoms with Crippen molar-refractivity contribution < 1.29 is 19.4 Å². The number of nitrogens with one attached hydrogen (secondary N) is 1. The Hall–Kier alpha value is -2.08. The molecule has 6 heteroatoms. The number of ether oxygens (including phenoxy) is 1. The summed E-state index contributed by atoms with van der Waals surface area (Å²) in [5.41, 5.74) is 0. The van der Waals surface area contributed by atoms with Crippen LogP contribution in [0.15, 0.2) is 30.3 Å². The van der Waals surface area contributed by atoms with Crippen LogP contribution < -0.4 is 10.1 Å². The highest BCUT2D eigenvalue weighted by atomic mass is 16.5. The maximum absolute atomic E-state index is 12.1. The number of piperidine rings is 1. The molecule has 2 amide bonds. The number of likely N-dealkylation sites (tertiary alicyclic amines) is 1. The first-order valence-electron chi connectivity index (χ1n) is 8.05. The summed E-state index contributed by atoms with van der Waals surface area (Å²) in [4.78, 5) is 25.8. The van der Waals surface area contributed by atoms with Gasteiger partial charge in [-0.2, -0.15) is 0 Å². The Bertz CT molecular complexity index is 499. The van der Waals surface area contributed by atoms with Gasteiger partial charge in [0.05, 0.1) is 19.6 Å². The summed E-state index contributed by atoms with van der Waals surface area (Å²) in [6.07, 6.45) is 1.68. The summed E-state index contributed by atoms with van der Waals surface area (Å²) < 4.78 is 5.54. The summed E-state index contributed by atoms with van der Waals surface area (Å²) in [6.45, 7) is 1.79. The van der Waals surface area contributed by atoms with Gasteiger partial charge in [0.1, 0.15) is 5.75 Å². The van der Waals surface area contributed by atoms with E-state index >= 15 is 0 Å². The van der Waals surface area contributed by atoms with Crippen LogP contribution in [-0.4, -0.2) is 54.7 Å². The van der Waals surface area contributed by atoms with E-state index in [4.69, 9.17) is 9.84 Å². The Kier molecular flexibility index (Phi) is 6.87. The Labute approximate surface area is 136 Å². The number of carbonyl (C=O) groups excluding carboxylic acids is 2. The van der Waals surface area contributed by atoms with E-state index < -0.39 is 0 Å². The Morgan fingerprint density at radius 2 is 1.91 bits per heavy atom. The van der Waals surface area contributed by atoms with Crippen molar-refractivity contribution >= 4 is 11.8 Å². The van der Waals surface area contributed by atoms with Gasteiger partial charge in [0, 0.05) is 25.6 Å². The molecule has 0 aromatic heterocycles. The monoisotopic (exact) mass is 320 g/mol. The smallest absolute Gasteiger partial charge is 0.225 e. The third-order valence-corrected chi connectivity index (χ3v) is 3.96. The molecule has 126 valence electrons. The number of rotatable bonds is 7. The van der Waals surface area contributed by atoms with Gasteiger partial charge in [-0.1, -0.05) is 18.2 Å². The maximum Gasteiger partial charge on any atom is 0.225 e. The van der Waals surface area contributed by atoms with Crippen LogP contribution in [0.3, 0.4) is 0 Å². The Morgan fingerprint density at radius 1 is 1.22 bits per heavy atom. The summed E-state index contributed by atoms with van der Waals surface area (Å²) >= 11 is 0. The minimum absolute atomic E-state index is 0.0291. The highest BCUT2D eigenvalue weighted by Gasteiger charge is 2.26. The predicted octanol–water partition coefficient (Wildman–Crippen LogP) is 0.803. The van der Waals surface area contributed by atoms with Crippen molar-refractivity contribution in [3.63, 3.8) is 0 Å². The molecule has 2 N–H and O–H groups in total. The zero-order valence-electron chi connectivity index (χ0n) is 13.2. The SMILES string of the molecule is O=C(NCCO)C1CCN(C(=O)CCOc2ccccc2)CC1. The van der Waals surface area contributed by atoms with Crippen molar-refractivity contribution in [1.29, 1.82) is 0 Å².